The molecule has 0 saturated carbocycles. The van der Waals surface area contributed by atoms with Crippen molar-refractivity contribution in [1.29, 1.82) is 0 Å². The number of aromatic hydroxyl groups is 4. The Bertz CT molecular complexity index is 4310. The normalized spacial score (nSPS) is 26.1. The minimum atomic E-state index is -4.82. The van der Waals surface area contributed by atoms with Crippen molar-refractivity contribution in [2.45, 2.75) is 170 Å². The summed E-state index contributed by atoms with van der Waals surface area (Å²) in [5.41, 5.74) is -1.88. The fourth-order valence-corrected chi connectivity index (χ4v) is 13.8. The van der Waals surface area contributed by atoms with E-state index in [0.717, 1.165) is 4.72 Å². The summed E-state index contributed by atoms with van der Waals surface area (Å²) in [4.78, 5) is 163. The van der Waals surface area contributed by atoms with Crippen LogP contribution in [-0.4, -0.2) is 220 Å². The van der Waals surface area contributed by atoms with Crippen molar-refractivity contribution < 1.29 is 165 Å². The monoisotopic (exact) mass is 1530 g/mol. The van der Waals surface area contributed by atoms with Crippen LogP contribution in [0.3, 0.4) is 0 Å². The van der Waals surface area contributed by atoms with Gasteiger partial charge in [-0.15, -0.1) is 5.06 Å². The van der Waals surface area contributed by atoms with Crippen molar-refractivity contribution in [3.05, 3.63) is 103 Å². The predicted molar refractivity (Wildman–Crippen MR) is 349 cm³/mol. The Morgan fingerprint density at radius 2 is 1.04 bits per heavy atom. The minimum absolute atomic E-state index is 0.0173. The highest BCUT2D eigenvalue weighted by Crippen LogP contribution is 2.55. The van der Waals surface area contributed by atoms with Gasteiger partial charge in [0.15, 0.2) is 35.7 Å². The third-order valence-corrected chi connectivity index (χ3v) is 19.3. The summed E-state index contributed by atoms with van der Waals surface area (Å²) in [5, 5.41) is 109. The molecule has 34 nitrogen and oxygen atoms in total. The maximum Gasteiger partial charge on any atom is 0.472 e. The number of Topliss-reactive ketones (excluding diaryl/α,β-unsaturated/α-hetero) is 3. The van der Waals surface area contributed by atoms with Gasteiger partial charge in [-0.05, 0) is 31.9 Å². The van der Waals surface area contributed by atoms with Gasteiger partial charge in [-0.1, -0.05) is 37.1 Å². The van der Waals surface area contributed by atoms with Crippen LogP contribution in [0, 0.1) is 5.92 Å². The number of benzene rings is 4. The van der Waals surface area contributed by atoms with E-state index in [2.05, 4.69) is 17.6 Å². The van der Waals surface area contributed by atoms with Crippen LogP contribution in [0.25, 0.3) is 0 Å². The summed E-state index contributed by atoms with van der Waals surface area (Å²) in [6, 6.07) is 7.88. The number of aliphatic hydroxyl groups is 6. The molecule has 12 atom stereocenters. The number of nitrogens with zero attached hydrogens (tertiary/aromatic N) is 1. The van der Waals surface area contributed by atoms with Gasteiger partial charge in [-0.25, -0.2) is 4.79 Å². The predicted octanol–water partition coefficient (Wildman–Crippen LogP) is 0.998. The zero-order valence-electron chi connectivity index (χ0n) is 57.0. The van der Waals surface area contributed by atoms with Crippen LogP contribution >= 0.6 is 12.8 Å². The summed E-state index contributed by atoms with van der Waals surface area (Å²) < 4.78 is 72.5. The number of phenolic OH excluding ortho intramolecular Hbond substituents is 4. The summed E-state index contributed by atoms with van der Waals surface area (Å²) in [5.74, 6) is -14.5. The van der Waals surface area contributed by atoms with Crippen molar-refractivity contribution in [1.82, 2.24) is 9.79 Å². The molecule has 4 aliphatic carbocycles. The molecule has 4 heterocycles. The summed E-state index contributed by atoms with van der Waals surface area (Å²) in [6.45, 7) is 0.949. The number of nitrogens with two attached hydrogens (primary N) is 1. The molecule has 0 radical (unpaired) electrons. The van der Waals surface area contributed by atoms with Crippen LogP contribution in [0.5, 0.6) is 34.5 Å². The molecular formula is C69H72F3N3O31S. The highest BCUT2D eigenvalue weighted by molar-refractivity contribution is 7.78. The second-order valence-electron chi connectivity index (χ2n) is 26.0. The number of thiol groups is 1. The fourth-order valence-electron chi connectivity index (χ4n) is 13.7. The SMILES string of the molecule is COc1cccc2c1C(=O)c1c(O)c3c(c(O)c1C2=O)C[C@@](O)(C(=O)CO)C[C@@H]3OC1C[C@H](CC(=O)CCC(=O)ON2C(=O)CCC2=O)[C@H](O)[C@H](C)O1.COc1cccc2c1C(=O)c1c(O)c3c(c(O)c1C2=O)C[C@@](O)(C(=O)CO)C[C@@H]3OC1C[C@H](N)[C@H](O)[C@H](C)O1.O=C(NS)C(F)(F)F.O=C1CCC(=O)O1. The zero-order valence-corrected chi connectivity index (χ0v) is 57.9. The average molecular weight is 1530 g/mol. The number of hydroxylamine groups is 2. The number of phenols is 4. The lowest BCUT2D eigenvalue weighted by atomic mass is 9.72. The van der Waals surface area contributed by atoms with E-state index in [0.29, 0.717) is 5.06 Å². The molecule has 8 aliphatic rings. The molecule has 0 bridgehead atoms. The van der Waals surface area contributed by atoms with Crippen molar-refractivity contribution in [2.75, 3.05) is 27.4 Å². The van der Waals surface area contributed by atoms with Crippen LogP contribution in [0.15, 0.2) is 36.4 Å². The van der Waals surface area contributed by atoms with Gasteiger partial charge < -0.3 is 94.8 Å². The van der Waals surface area contributed by atoms with Crippen LogP contribution in [-0.2, 0) is 84.5 Å². The number of nitrogens with one attached hydrogen (secondary N) is 1. The molecule has 0 aromatic heterocycles. The number of ketones is 7. The number of hydrogen-bond acceptors (Lipinski definition) is 33. The number of amides is 3. The second kappa shape index (κ2) is 32.4. The smallest absolute Gasteiger partial charge is 0.472 e. The van der Waals surface area contributed by atoms with Crippen LogP contribution in [0.1, 0.15) is 183 Å². The van der Waals surface area contributed by atoms with Gasteiger partial charge in [0.05, 0.1) is 103 Å². The Hall–Kier alpha value is -9.71. The summed E-state index contributed by atoms with van der Waals surface area (Å²) in [6.07, 6.45) is -17.0. The van der Waals surface area contributed by atoms with Gasteiger partial charge in [0.1, 0.15) is 64.7 Å². The first-order valence-corrected chi connectivity index (χ1v) is 33.3. The topological polar surface area (TPSA) is 539 Å². The minimum Gasteiger partial charge on any atom is -0.507 e. The second-order valence-corrected chi connectivity index (χ2v) is 26.2. The van der Waals surface area contributed by atoms with E-state index < -0.39 is 245 Å². The molecule has 4 aliphatic heterocycles. The van der Waals surface area contributed by atoms with E-state index in [-0.39, 0.29) is 107 Å². The first kappa shape index (κ1) is 81.4. The van der Waals surface area contributed by atoms with Gasteiger partial charge >= 0.3 is 30.0 Å². The molecule has 576 valence electrons. The molecule has 12 rings (SSSR count). The van der Waals surface area contributed by atoms with E-state index in [1.54, 1.807) is 6.92 Å². The molecule has 4 aromatic rings. The van der Waals surface area contributed by atoms with E-state index in [1.165, 1.54) is 57.5 Å². The van der Waals surface area contributed by atoms with Gasteiger partial charge in [0.2, 0.25) is 11.6 Å². The molecule has 0 spiro atoms. The number of halogens is 3. The Labute approximate surface area is 607 Å². The average Bonchev–Trinajstić information content (AvgIpc) is 1.08. The Balaban J connectivity index is 0.000000212. The number of esters is 2. The van der Waals surface area contributed by atoms with Crippen molar-refractivity contribution in [3.63, 3.8) is 0 Å². The molecule has 4 fully saturated rings. The number of imide groups is 1. The molecule has 4 saturated heterocycles. The van der Waals surface area contributed by atoms with Gasteiger partial charge in [-0.3, -0.25) is 62.3 Å². The number of hydrogen-bond donors (Lipinski definition) is 13. The molecule has 3 amide bonds. The van der Waals surface area contributed by atoms with Gasteiger partial charge in [0, 0.05) is 104 Å². The highest BCUT2D eigenvalue weighted by Gasteiger charge is 2.53. The highest BCUT2D eigenvalue weighted by atomic mass is 32.1. The number of carbonyl (C=O) groups excluding carboxylic acids is 13. The van der Waals surface area contributed by atoms with E-state index in [1.807, 2.05) is 0 Å². The quantitative estimate of drug-likeness (QED) is 0.0211. The third kappa shape index (κ3) is 16.3. The van der Waals surface area contributed by atoms with Crippen molar-refractivity contribution in [3.8, 4) is 34.5 Å². The largest absolute Gasteiger partial charge is 0.507 e. The number of ether oxygens (including phenoxy) is 7. The first-order valence-electron chi connectivity index (χ1n) is 32.8. The van der Waals surface area contributed by atoms with Gasteiger partial charge in [-0.2, -0.15) is 13.2 Å². The lowest BCUT2D eigenvalue weighted by Gasteiger charge is -2.42. The maximum absolute atomic E-state index is 13.9. The van der Waals surface area contributed by atoms with Crippen molar-refractivity contribution >= 4 is 88.9 Å². The zero-order chi connectivity index (χ0) is 79.0. The molecule has 13 N–H and O–H groups in total. The Morgan fingerprint density at radius 1 is 0.617 bits per heavy atom. The summed E-state index contributed by atoms with van der Waals surface area (Å²) >= 11 is 2.89. The molecule has 4 aromatic carbocycles. The third-order valence-electron chi connectivity index (χ3n) is 19.1. The van der Waals surface area contributed by atoms with E-state index in [4.69, 9.17) is 39.0 Å². The maximum atomic E-state index is 13.9. The fraction of sp³-hybridized carbons (Fsp3) is 0.464. The Morgan fingerprint density at radius 3 is 1.41 bits per heavy atom. The van der Waals surface area contributed by atoms with Crippen LogP contribution < -0.4 is 19.9 Å². The standard InChI is InChI=1S/C36H37NO16.C27H29NO11.C4H4O3.C2H2F3NOS/c1-15-31(44)16(10-17(39)6-9-25(43)53-37-23(41)7-8-24(37)42)11-26(51-15)52-21-13-36(49,22(40)14-38)12-19-28(21)35(48)30-29(33(19)46)32(45)18-4-3-5-20(50-2)27(18)34(30)47;1-10-22(31)13(28)6-17(38-10)39-15-8-27(36,16(30)9-29)7-12-19(15)26(35)21-20(24(12)33)23(32)11-4-3-5-14(37-2)18(11)25(21)34;5-3-1-2-4(6)7-3;3-2(4,5)1(7)6-8/h3-5,15-16,21,26,31,38,44,46,48-49H,6-14H2,1-2H3;3-5,10,13,15,17,22,29,31,33,35-36H,6-9,28H2,1-2H3;1-2H2;8H,(H,6,7)/t15-,16-,21-,26?,31+,36-;10-,13-,15-,17?,22+,27-;;/m00../s1. The number of alkyl halides is 3. The van der Waals surface area contributed by atoms with E-state index in [9.17, 15) is 127 Å². The van der Waals surface area contributed by atoms with Crippen molar-refractivity contribution in [2.24, 2.45) is 11.7 Å². The number of cyclic esters (lactones) is 2. The number of rotatable bonds is 16. The number of carbonyl (C=O) groups is 13. The van der Waals surface area contributed by atoms with Gasteiger partial charge in [0.25, 0.3) is 11.8 Å². The molecule has 2 unspecified atom stereocenters. The molecule has 107 heavy (non-hydrogen) atoms. The van der Waals surface area contributed by atoms with Crippen LogP contribution in [0.2, 0.25) is 0 Å². The molecule has 38 heteroatoms. The first-order chi connectivity index (χ1) is 50.3. The lowest BCUT2D eigenvalue weighted by Crippen LogP contribution is -2.53. The number of aliphatic hydroxyl groups excluding tert-OH is 4. The Kier molecular flexibility index (Phi) is 24.6. The van der Waals surface area contributed by atoms with E-state index >= 15 is 0 Å². The number of fused-ring (bicyclic) bond motifs is 6. The lowest BCUT2D eigenvalue weighted by molar-refractivity contribution is -0.257. The van der Waals surface area contributed by atoms with Crippen LogP contribution in [0.4, 0.5) is 13.2 Å². The number of methoxy groups -OCH3 is 2. The molecular weight excluding hydrogens is 1460 g/mol. The summed E-state index contributed by atoms with van der Waals surface area (Å²) in [7, 11) is 2.61.